The first-order chi connectivity index (χ1) is 16.5. The standard InChI is InChI=1S/C29H34O5.2Na/c1-3-10-24-23(15-16-29(31)32)13-8-14-27(24)33-17-9-18-34-28-20-26(30)25(19-21(28)4-2)22-11-6-5-7-12-22;;/h5-8,11-14,19-20,30H,3-4,9-10,15-18H2,1-2H3,(H,31,32);;/q;2*+1/p-2. The van der Waals surface area contributed by atoms with E-state index in [0.29, 0.717) is 37.4 Å². The molecule has 0 atom stereocenters. The van der Waals surface area contributed by atoms with Gasteiger partial charge < -0.3 is 24.5 Å². The zero-order chi connectivity index (χ0) is 24.3. The Hall–Kier alpha value is -1.47. The van der Waals surface area contributed by atoms with Gasteiger partial charge >= 0.3 is 59.1 Å². The van der Waals surface area contributed by atoms with Gasteiger partial charge in [0.1, 0.15) is 11.5 Å². The molecule has 0 aliphatic heterocycles. The molecule has 0 aliphatic rings. The second kappa shape index (κ2) is 17.1. The topological polar surface area (TPSA) is 81.7 Å². The summed E-state index contributed by atoms with van der Waals surface area (Å²) in [7, 11) is 0. The van der Waals surface area contributed by atoms with E-state index in [1.807, 2.05) is 61.5 Å². The molecule has 0 spiro atoms. The average molecular weight is 507 g/mol. The number of benzene rings is 3. The first kappa shape index (κ1) is 32.6. The van der Waals surface area contributed by atoms with Gasteiger partial charge in [0.2, 0.25) is 0 Å². The molecular formula is C29H32Na2O5. The normalized spacial score (nSPS) is 10.2. The van der Waals surface area contributed by atoms with Crippen LogP contribution >= 0.6 is 0 Å². The Bertz CT molecular complexity index is 1090. The van der Waals surface area contributed by atoms with Crippen molar-refractivity contribution in [1.82, 2.24) is 0 Å². The SMILES string of the molecule is CCCc1c(CCC(=O)[O-])cccc1OCCCOc1cc([O-])c(-c2ccccc2)cc1CC.[Na+].[Na+]. The van der Waals surface area contributed by atoms with E-state index in [1.54, 1.807) is 6.07 Å². The van der Waals surface area contributed by atoms with Gasteiger partial charge in [0.15, 0.2) is 0 Å². The predicted octanol–water partition coefficient (Wildman–Crippen LogP) is -1.52. The summed E-state index contributed by atoms with van der Waals surface area (Å²) in [6, 6.07) is 19.0. The molecule has 0 aromatic heterocycles. The van der Waals surface area contributed by atoms with Crippen molar-refractivity contribution in [3.63, 3.8) is 0 Å². The van der Waals surface area contributed by atoms with Gasteiger partial charge in [-0.1, -0.05) is 68.5 Å². The van der Waals surface area contributed by atoms with Crippen LogP contribution in [0.2, 0.25) is 0 Å². The molecule has 3 aromatic rings. The molecule has 5 nitrogen and oxygen atoms in total. The Morgan fingerprint density at radius 2 is 1.53 bits per heavy atom. The van der Waals surface area contributed by atoms with Crippen LogP contribution in [-0.4, -0.2) is 19.2 Å². The molecular weight excluding hydrogens is 474 g/mol. The molecule has 0 N–H and O–H groups in total. The number of carboxylic acid groups (broad SMARTS) is 1. The van der Waals surface area contributed by atoms with E-state index in [1.165, 1.54) is 0 Å². The number of carbonyl (C=O) groups is 1. The molecule has 0 bridgehead atoms. The molecule has 36 heavy (non-hydrogen) atoms. The summed E-state index contributed by atoms with van der Waals surface area (Å²) in [5, 5.41) is 23.5. The van der Waals surface area contributed by atoms with Crippen molar-refractivity contribution in [3.8, 4) is 28.4 Å². The number of aliphatic carboxylic acids is 1. The van der Waals surface area contributed by atoms with E-state index >= 15 is 0 Å². The summed E-state index contributed by atoms with van der Waals surface area (Å²) in [5.41, 5.74) is 4.66. The van der Waals surface area contributed by atoms with Crippen LogP contribution in [0, 0.1) is 0 Å². The maximum atomic E-state index is 12.7. The van der Waals surface area contributed by atoms with Gasteiger partial charge in [-0.15, -0.1) is 0 Å². The summed E-state index contributed by atoms with van der Waals surface area (Å²) < 4.78 is 12.0. The number of rotatable bonds is 13. The average Bonchev–Trinajstić information content (AvgIpc) is 2.84. The third kappa shape index (κ3) is 9.44. The van der Waals surface area contributed by atoms with Gasteiger partial charge in [-0.3, -0.25) is 0 Å². The summed E-state index contributed by atoms with van der Waals surface area (Å²) in [6.07, 6.45) is 3.64. The Labute approximate surface area is 258 Å². The fourth-order valence-electron chi connectivity index (χ4n) is 4.03. The van der Waals surface area contributed by atoms with Crippen LogP contribution in [0.4, 0.5) is 0 Å². The molecule has 0 amide bonds. The molecule has 3 rings (SSSR count). The minimum Gasteiger partial charge on any atom is -0.872 e. The van der Waals surface area contributed by atoms with Crippen LogP contribution in [0.3, 0.4) is 0 Å². The van der Waals surface area contributed by atoms with E-state index in [9.17, 15) is 15.0 Å². The second-order valence-electron chi connectivity index (χ2n) is 8.24. The molecule has 0 unspecified atom stereocenters. The minimum absolute atomic E-state index is 0. The smallest absolute Gasteiger partial charge is 0.872 e. The van der Waals surface area contributed by atoms with Gasteiger partial charge in [0.25, 0.3) is 0 Å². The number of ether oxygens (including phenoxy) is 2. The molecule has 0 fully saturated rings. The molecule has 0 saturated heterocycles. The third-order valence-corrected chi connectivity index (χ3v) is 5.76. The Balaban J connectivity index is 0.00000324. The second-order valence-corrected chi connectivity index (χ2v) is 8.24. The largest absolute Gasteiger partial charge is 1.00 e. The van der Waals surface area contributed by atoms with Crippen LogP contribution in [0.25, 0.3) is 11.1 Å². The Morgan fingerprint density at radius 1 is 0.833 bits per heavy atom. The summed E-state index contributed by atoms with van der Waals surface area (Å²) >= 11 is 0. The minimum atomic E-state index is -1.05. The maximum Gasteiger partial charge on any atom is 1.00 e. The fraction of sp³-hybridized carbons (Fsp3) is 0.345. The van der Waals surface area contributed by atoms with Crippen molar-refractivity contribution < 1.29 is 83.6 Å². The van der Waals surface area contributed by atoms with E-state index in [-0.39, 0.29) is 71.3 Å². The van der Waals surface area contributed by atoms with Crippen molar-refractivity contribution in [2.24, 2.45) is 0 Å². The van der Waals surface area contributed by atoms with Crippen molar-refractivity contribution in [3.05, 3.63) is 77.4 Å². The van der Waals surface area contributed by atoms with Crippen LogP contribution in [0.1, 0.15) is 49.8 Å². The number of carbonyl (C=O) groups excluding carboxylic acids is 1. The summed E-state index contributed by atoms with van der Waals surface area (Å²) in [4.78, 5) is 10.9. The van der Waals surface area contributed by atoms with Gasteiger partial charge in [0, 0.05) is 12.4 Å². The van der Waals surface area contributed by atoms with Gasteiger partial charge in [0.05, 0.1) is 13.2 Å². The molecule has 0 heterocycles. The number of aryl methyl sites for hydroxylation is 2. The van der Waals surface area contributed by atoms with Crippen LogP contribution < -0.4 is 78.8 Å². The van der Waals surface area contributed by atoms with E-state index in [0.717, 1.165) is 47.3 Å². The van der Waals surface area contributed by atoms with Gasteiger partial charge in [-0.05, 0) is 71.7 Å². The molecule has 0 saturated carbocycles. The van der Waals surface area contributed by atoms with Crippen LogP contribution in [-0.2, 0) is 24.1 Å². The van der Waals surface area contributed by atoms with E-state index < -0.39 is 5.97 Å². The van der Waals surface area contributed by atoms with Crippen molar-refractivity contribution in [2.45, 2.75) is 52.4 Å². The Morgan fingerprint density at radius 3 is 2.17 bits per heavy atom. The first-order valence-electron chi connectivity index (χ1n) is 12.0. The zero-order valence-electron chi connectivity index (χ0n) is 22.0. The molecule has 7 heteroatoms. The van der Waals surface area contributed by atoms with Crippen molar-refractivity contribution in [1.29, 1.82) is 0 Å². The quantitative estimate of drug-likeness (QED) is 0.208. The number of hydrogen-bond donors (Lipinski definition) is 0. The molecule has 0 radical (unpaired) electrons. The summed E-state index contributed by atoms with van der Waals surface area (Å²) in [5.74, 6) is 0.326. The maximum absolute atomic E-state index is 12.7. The first-order valence-corrected chi connectivity index (χ1v) is 12.0. The third-order valence-electron chi connectivity index (χ3n) is 5.76. The van der Waals surface area contributed by atoms with Gasteiger partial charge in [-0.2, -0.15) is 0 Å². The Kier molecular flexibility index (Phi) is 15.5. The molecule has 0 aliphatic carbocycles. The van der Waals surface area contributed by atoms with Gasteiger partial charge in [-0.25, -0.2) is 0 Å². The summed E-state index contributed by atoms with van der Waals surface area (Å²) in [6.45, 7) is 5.04. The number of carboxylic acids is 1. The van der Waals surface area contributed by atoms with Crippen LogP contribution in [0.5, 0.6) is 17.2 Å². The molecule has 180 valence electrons. The van der Waals surface area contributed by atoms with E-state index in [2.05, 4.69) is 6.92 Å². The van der Waals surface area contributed by atoms with Crippen molar-refractivity contribution >= 4 is 5.97 Å². The number of hydrogen-bond acceptors (Lipinski definition) is 5. The van der Waals surface area contributed by atoms with Crippen molar-refractivity contribution in [2.75, 3.05) is 13.2 Å². The van der Waals surface area contributed by atoms with Crippen LogP contribution in [0.15, 0.2) is 60.7 Å². The predicted molar refractivity (Wildman–Crippen MR) is 130 cm³/mol. The fourth-order valence-corrected chi connectivity index (χ4v) is 4.03. The molecule has 3 aromatic carbocycles. The monoisotopic (exact) mass is 506 g/mol. The zero-order valence-corrected chi connectivity index (χ0v) is 26.0. The van der Waals surface area contributed by atoms with E-state index in [4.69, 9.17) is 9.47 Å².